The lowest BCUT2D eigenvalue weighted by atomic mass is 9.93. The summed E-state index contributed by atoms with van der Waals surface area (Å²) in [4.78, 5) is 0. The SMILES string of the molecule is Cn1ncc2c1CCCC2NCc1cccc2c1OCCCO2. The average Bonchev–Trinajstić information content (AvgIpc) is 2.81. The fourth-order valence-corrected chi connectivity index (χ4v) is 3.54. The van der Waals surface area contributed by atoms with E-state index in [1.807, 2.05) is 30.1 Å². The summed E-state index contributed by atoms with van der Waals surface area (Å²) in [6.07, 6.45) is 6.43. The number of ether oxygens (including phenoxy) is 2. The second-order valence-electron chi connectivity index (χ2n) is 6.29. The Kier molecular flexibility index (Phi) is 3.95. The molecule has 0 spiro atoms. The highest BCUT2D eigenvalue weighted by atomic mass is 16.5. The minimum absolute atomic E-state index is 0.370. The maximum Gasteiger partial charge on any atom is 0.165 e. The van der Waals surface area contributed by atoms with Gasteiger partial charge in [-0.15, -0.1) is 0 Å². The summed E-state index contributed by atoms with van der Waals surface area (Å²) in [6.45, 7) is 2.23. The second-order valence-corrected chi connectivity index (χ2v) is 6.29. The Bertz CT molecular complexity index is 696. The third-order valence-electron chi connectivity index (χ3n) is 4.77. The summed E-state index contributed by atoms with van der Waals surface area (Å²) in [6, 6.07) is 6.52. The van der Waals surface area contributed by atoms with E-state index in [0.717, 1.165) is 50.5 Å². The van der Waals surface area contributed by atoms with Crippen molar-refractivity contribution < 1.29 is 9.47 Å². The van der Waals surface area contributed by atoms with Gasteiger partial charge in [0, 0.05) is 42.9 Å². The van der Waals surface area contributed by atoms with E-state index in [1.54, 1.807) is 0 Å². The van der Waals surface area contributed by atoms with Gasteiger partial charge in [0.1, 0.15) is 0 Å². The van der Waals surface area contributed by atoms with Crippen molar-refractivity contribution in [1.82, 2.24) is 15.1 Å². The first kappa shape index (κ1) is 14.6. The second kappa shape index (κ2) is 6.24. The van der Waals surface area contributed by atoms with E-state index in [0.29, 0.717) is 6.04 Å². The summed E-state index contributed by atoms with van der Waals surface area (Å²) in [5, 5.41) is 8.11. The van der Waals surface area contributed by atoms with Gasteiger partial charge in [0.15, 0.2) is 11.5 Å². The number of aromatic nitrogens is 2. The number of rotatable bonds is 3. The average molecular weight is 313 g/mol. The molecule has 23 heavy (non-hydrogen) atoms. The highest BCUT2D eigenvalue weighted by Gasteiger charge is 2.23. The van der Waals surface area contributed by atoms with Crippen molar-refractivity contribution in [2.45, 2.75) is 38.3 Å². The Balaban J connectivity index is 1.52. The van der Waals surface area contributed by atoms with Gasteiger partial charge in [0.05, 0.1) is 19.4 Å². The number of hydrogen-bond donors (Lipinski definition) is 1. The van der Waals surface area contributed by atoms with Crippen LogP contribution in [0.1, 0.15) is 42.1 Å². The molecular formula is C18H23N3O2. The van der Waals surface area contributed by atoms with Crippen molar-refractivity contribution >= 4 is 0 Å². The molecule has 0 saturated carbocycles. The van der Waals surface area contributed by atoms with Gasteiger partial charge in [-0.25, -0.2) is 0 Å². The lowest BCUT2D eigenvalue weighted by Gasteiger charge is -2.24. The van der Waals surface area contributed by atoms with Crippen LogP contribution in [-0.4, -0.2) is 23.0 Å². The number of benzene rings is 1. The molecule has 1 N–H and O–H groups in total. The summed E-state index contributed by atoms with van der Waals surface area (Å²) in [5.41, 5.74) is 3.87. The number of aryl methyl sites for hydroxylation is 1. The van der Waals surface area contributed by atoms with Crippen LogP contribution in [0.3, 0.4) is 0 Å². The fourth-order valence-electron chi connectivity index (χ4n) is 3.54. The van der Waals surface area contributed by atoms with Crippen LogP contribution in [0.5, 0.6) is 11.5 Å². The molecule has 1 aromatic carbocycles. The fraction of sp³-hybridized carbons (Fsp3) is 0.500. The number of hydrogen-bond acceptors (Lipinski definition) is 4. The highest BCUT2D eigenvalue weighted by molar-refractivity contribution is 5.47. The molecule has 1 aromatic heterocycles. The topological polar surface area (TPSA) is 48.3 Å². The lowest BCUT2D eigenvalue weighted by molar-refractivity contribution is 0.295. The first-order valence-electron chi connectivity index (χ1n) is 8.44. The van der Waals surface area contributed by atoms with Crippen molar-refractivity contribution in [2.24, 2.45) is 7.05 Å². The molecule has 122 valence electrons. The predicted octanol–water partition coefficient (Wildman–Crippen LogP) is 2.75. The Morgan fingerprint density at radius 1 is 1.26 bits per heavy atom. The van der Waals surface area contributed by atoms with E-state index in [4.69, 9.17) is 9.47 Å². The molecule has 1 unspecified atom stereocenters. The molecule has 1 atom stereocenters. The summed E-state index contributed by atoms with van der Waals surface area (Å²) >= 11 is 0. The minimum atomic E-state index is 0.370. The third-order valence-corrected chi connectivity index (χ3v) is 4.77. The maximum absolute atomic E-state index is 5.91. The zero-order chi connectivity index (χ0) is 15.6. The quantitative estimate of drug-likeness (QED) is 0.946. The van der Waals surface area contributed by atoms with Crippen LogP contribution >= 0.6 is 0 Å². The monoisotopic (exact) mass is 313 g/mol. The van der Waals surface area contributed by atoms with Crippen LogP contribution in [0.2, 0.25) is 0 Å². The zero-order valence-electron chi connectivity index (χ0n) is 13.5. The van der Waals surface area contributed by atoms with E-state index in [2.05, 4.69) is 16.5 Å². The normalized spacial score (nSPS) is 20.0. The van der Waals surface area contributed by atoms with Gasteiger partial charge in [-0.1, -0.05) is 12.1 Å². The molecule has 0 saturated heterocycles. The smallest absolute Gasteiger partial charge is 0.165 e. The first-order chi connectivity index (χ1) is 11.3. The summed E-state index contributed by atoms with van der Waals surface area (Å²) in [7, 11) is 2.03. The van der Waals surface area contributed by atoms with Crippen LogP contribution < -0.4 is 14.8 Å². The van der Waals surface area contributed by atoms with Gasteiger partial charge in [0.25, 0.3) is 0 Å². The standard InChI is InChI=1S/C18H23N3O2/c1-21-16-7-3-6-15(14(16)12-20-21)19-11-13-5-2-8-17-18(13)23-10-4-9-22-17/h2,5,8,12,15,19H,3-4,6-7,9-11H2,1H3. The first-order valence-corrected chi connectivity index (χ1v) is 8.44. The largest absolute Gasteiger partial charge is 0.490 e. The van der Waals surface area contributed by atoms with Crippen LogP contribution in [0, 0.1) is 0 Å². The van der Waals surface area contributed by atoms with Crippen LogP contribution in [0.4, 0.5) is 0 Å². The Labute approximate surface area is 136 Å². The van der Waals surface area contributed by atoms with E-state index >= 15 is 0 Å². The number of para-hydroxylation sites is 1. The van der Waals surface area contributed by atoms with Gasteiger partial charge >= 0.3 is 0 Å². The Hall–Kier alpha value is -2.01. The molecule has 0 bridgehead atoms. The van der Waals surface area contributed by atoms with E-state index < -0.39 is 0 Å². The molecule has 4 rings (SSSR count). The molecule has 0 radical (unpaired) electrons. The van der Waals surface area contributed by atoms with Crippen molar-refractivity contribution in [3.63, 3.8) is 0 Å². The van der Waals surface area contributed by atoms with Crippen LogP contribution in [-0.2, 0) is 20.0 Å². The molecule has 5 nitrogen and oxygen atoms in total. The molecule has 2 aliphatic rings. The molecule has 0 fully saturated rings. The number of nitrogens with zero attached hydrogens (tertiary/aromatic N) is 2. The Morgan fingerprint density at radius 3 is 3.13 bits per heavy atom. The minimum Gasteiger partial charge on any atom is -0.490 e. The van der Waals surface area contributed by atoms with Crippen LogP contribution in [0.25, 0.3) is 0 Å². The summed E-state index contributed by atoms with van der Waals surface area (Å²) in [5.74, 6) is 1.77. The van der Waals surface area contributed by atoms with Crippen LogP contribution in [0.15, 0.2) is 24.4 Å². The third kappa shape index (κ3) is 2.81. The molecular weight excluding hydrogens is 290 g/mol. The van der Waals surface area contributed by atoms with Crippen molar-refractivity contribution in [2.75, 3.05) is 13.2 Å². The molecule has 2 aromatic rings. The van der Waals surface area contributed by atoms with Gasteiger partial charge in [-0.2, -0.15) is 5.10 Å². The molecule has 2 heterocycles. The number of fused-ring (bicyclic) bond motifs is 2. The van der Waals surface area contributed by atoms with Crippen molar-refractivity contribution in [3.05, 3.63) is 41.2 Å². The maximum atomic E-state index is 5.91. The molecule has 0 amide bonds. The van der Waals surface area contributed by atoms with E-state index in [-0.39, 0.29) is 0 Å². The van der Waals surface area contributed by atoms with E-state index in [1.165, 1.54) is 23.2 Å². The lowest BCUT2D eigenvalue weighted by Crippen LogP contribution is -2.25. The Morgan fingerprint density at radius 2 is 2.17 bits per heavy atom. The number of nitrogens with one attached hydrogen (secondary N) is 1. The zero-order valence-corrected chi connectivity index (χ0v) is 13.5. The predicted molar refractivity (Wildman–Crippen MR) is 87.8 cm³/mol. The van der Waals surface area contributed by atoms with Gasteiger partial charge in [0.2, 0.25) is 0 Å². The van der Waals surface area contributed by atoms with E-state index in [9.17, 15) is 0 Å². The van der Waals surface area contributed by atoms with Gasteiger partial charge in [-0.05, 0) is 25.3 Å². The highest BCUT2D eigenvalue weighted by Crippen LogP contribution is 2.34. The molecule has 1 aliphatic carbocycles. The molecule has 1 aliphatic heterocycles. The summed E-state index contributed by atoms with van der Waals surface area (Å²) < 4.78 is 13.7. The van der Waals surface area contributed by atoms with Gasteiger partial charge < -0.3 is 14.8 Å². The van der Waals surface area contributed by atoms with Crippen molar-refractivity contribution in [3.8, 4) is 11.5 Å². The van der Waals surface area contributed by atoms with Gasteiger partial charge in [-0.3, -0.25) is 4.68 Å². The molecule has 5 heteroatoms. The van der Waals surface area contributed by atoms with Crippen molar-refractivity contribution in [1.29, 1.82) is 0 Å².